The molecule has 2 heterocycles. The summed E-state index contributed by atoms with van der Waals surface area (Å²) in [7, 11) is -1.30. The zero-order chi connectivity index (χ0) is 34.1. The Morgan fingerprint density at radius 2 is 1.77 bits per heavy atom. The average Bonchev–Trinajstić information content (AvgIpc) is 3.76. The quantitative estimate of drug-likeness (QED) is 0.151. The third-order valence-electron chi connectivity index (χ3n) is 9.43. The number of rotatable bonds is 12. The SMILES string of the molecule is Cc1ccc(OCC2CC2)c(-c2ncnc3c(C(=O)N[C@H]4CC[C@@H](N(C(=O)O)C(C)(C)C)CC4)c(C)n(COCC[Si](C)(C)C)c23)c1. The molecule has 3 aromatic rings. The number of carbonyl (C=O) groups excluding carboxylic acids is 1. The summed E-state index contributed by atoms with van der Waals surface area (Å²) < 4.78 is 14.6. The first-order chi connectivity index (χ1) is 22.1. The molecule has 11 heteroatoms. The van der Waals surface area contributed by atoms with Gasteiger partial charge < -0.3 is 29.4 Å². The minimum atomic E-state index is -1.30. The molecule has 1 aromatic carbocycles. The second kappa shape index (κ2) is 14.0. The van der Waals surface area contributed by atoms with E-state index in [2.05, 4.69) is 44.0 Å². The minimum Gasteiger partial charge on any atom is -0.493 e. The van der Waals surface area contributed by atoms with E-state index in [0.717, 1.165) is 39.8 Å². The largest absolute Gasteiger partial charge is 0.493 e. The van der Waals surface area contributed by atoms with Crippen LogP contribution in [0.4, 0.5) is 4.79 Å². The summed E-state index contributed by atoms with van der Waals surface area (Å²) in [5.41, 5.74) is 4.85. The standard InChI is InChI=1S/C36H53N5O5Si/c1-23-9-16-29(46-20-25-10-11-25)28(19-23)31-33-32(38-21-37-31)30(24(2)40(33)22-45-17-18-47(6,7)8)34(42)39-26-12-14-27(15-13-26)41(35(43)44)36(3,4)5/h9,16,19,21,25-27H,10-15,17-18,20,22H2,1-8H3,(H,39,42)(H,43,44)/t26-,27+. The van der Waals surface area contributed by atoms with Gasteiger partial charge in [-0.2, -0.15) is 0 Å². The van der Waals surface area contributed by atoms with Gasteiger partial charge in [-0.25, -0.2) is 14.8 Å². The van der Waals surface area contributed by atoms with Crippen LogP contribution in [0.1, 0.15) is 80.9 Å². The van der Waals surface area contributed by atoms with Crippen LogP contribution in [0.3, 0.4) is 0 Å². The number of benzene rings is 1. The highest BCUT2D eigenvalue weighted by atomic mass is 28.3. The maximum Gasteiger partial charge on any atom is 0.407 e. The molecule has 47 heavy (non-hydrogen) atoms. The van der Waals surface area contributed by atoms with Crippen LogP contribution in [0.5, 0.6) is 5.75 Å². The van der Waals surface area contributed by atoms with Crippen LogP contribution in [-0.2, 0) is 11.5 Å². The number of ether oxygens (including phenoxy) is 2. The first-order valence-electron chi connectivity index (χ1n) is 17.1. The Labute approximate surface area is 280 Å². The number of carbonyl (C=O) groups is 2. The number of carboxylic acid groups (broad SMARTS) is 1. The molecule has 0 bridgehead atoms. The fourth-order valence-electron chi connectivity index (χ4n) is 6.63. The van der Waals surface area contributed by atoms with E-state index in [1.54, 1.807) is 4.90 Å². The zero-order valence-corrected chi connectivity index (χ0v) is 30.5. The summed E-state index contributed by atoms with van der Waals surface area (Å²) in [5.74, 6) is 1.20. The minimum absolute atomic E-state index is 0.0549. The molecule has 0 aliphatic heterocycles. The summed E-state index contributed by atoms with van der Waals surface area (Å²) in [6, 6.07) is 7.08. The molecule has 2 fully saturated rings. The van der Waals surface area contributed by atoms with Crippen LogP contribution in [0.2, 0.25) is 25.7 Å². The number of hydrogen-bond donors (Lipinski definition) is 2. The van der Waals surface area contributed by atoms with E-state index < -0.39 is 19.7 Å². The number of fused-ring (bicyclic) bond motifs is 1. The van der Waals surface area contributed by atoms with E-state index in [9.17, 15) is 14.7 Å². The van der Waals surface area contributed by atoms with E-state index in [1.165, 1.54) is 19.2 Å². The van der Waals surface area contributed by atoms with Gasteiger partial charge in [-0.1, -0.05) is 31.3 Å². The molecule has 2 aliphatic rings. The molecule has 2 aliphatic carbocycles. The first kappa shape index (κ1) is 34.9. The molecule has 2 N–H and O–H groups in total. The van der Waals surface area contributed by atoms with Gasteiger partial charge in [-0.05, 0) is 97.2 Å². The van der Waals surface area contributed by atoms with Crippen LogP contribution in [-0.4, -0.2) is 75.5 Å². The number of nitrogens with zero attached hydrogens (tertiary/aromatic N) is 4. The van der Waals surface area contributed by atoms with E-state index >= 15 is 0 Å². The maximum absolute atomic E-state index is 14.1. The van der Waals surface area contributed by atoms with Gasteiger partial charge in [0, 0.05) is 43.6 Å². The van der Waals surface area contributed by atoms with Gasteiger partial charge in [-0.15, -0.1) is 0 Å². The summed E-state index contributed by atoms with van der Waals surface area (Å²) in [6.07, 6.45) is 5.85. The summed E-state index contributed by atoms with van der Waals surface area (Å²) >= 11 is 0. The second-order valence-corrected chi connectivity index (χ2v) is 21.3. The van der Waals surface area contributed by atoms with Gasteiger partial charge in [0.25, 0.3) is 5.91 Å². The van der Waals surface area contributed by atoms with Crippen molar-refractivity contribution in [3.63, 3.8) is 0 Å². The number of aromatic nitrogens is 3. The average molecular weight is 664 g/mol. The number of amides is 2. The van der Waals surface area contributed by atoms with E-state index in [0.29, 0.717) is 55.9 Å². The molecule has 0 unspecified atom stereocenters. The third-order valence-corrected chi connectivity index (χ3v) is 11.1. The topological polar surface area (TPSA) is 119 Å². The third kappa shape index (κ3) is 8.35. The van der Waals surface area contributed by atoms with E-state index in [1.807, 2.05) is 38.3 Å². The van der Waals surface area contributed by atoms with Crippen molar-refractivity contribution in [2.75, 3.05) is 13.2 Å². The van der Waals surface area contributed by atoms with Crippen LogP contribution < -0.4 is 10.1 Å². The smallest absolute Gasteiger partial charge is 0.407 e. The van der Waals surface area contributed by atoms with Crippen molar-refractivity contribution in [2.24, 2.45) is 5.92 Å². The highest BCUT2D eigenvalue weighted by Gasteiger charge is 2.36. The summed E-state index contributed by atoms with van der Waals surface area (Å²) in [4.78, 5) is 37.2. The van der Waals surface area contributed by atoms with Crippen LogP contribution in [0.25, 0.3) is 22.3 Å². The van der Waals surface area contributed by atoms with Crippen molar-refractivity contribution in [1.82, 2.24) is 24.8 Å². The fraction of sp³-hybridized carbons (Fsp3) is 0.611. The second-order valence-electron chi connectivity index (χ2n) is 15.7. The molecule has 2 saturated carbocycles. The molecule has 2 amide bonds. The van der Waals surface area contributed by atoms with Gasteiger partial charge >= 0.3 is 6.09 Å². The molecule has 256 valence electrons. The molecule has 0 saturated heterocycles. The monoisotopic (exact) mass is 663 g/mol. The number of nitrogens with one attached hydrogen (secondary N) is 1. The van der Waals surface area contributed by atoms with Gasteiger partial charge in [0.15, 0.2) is 0 Å². The van der Waals surface area contributed by atoms with Gasteiger partial charge in [0.05, 0.1) is 17.7 Å². The van der Waals surface area contributed by atoms with Crippen molar-refractivity contribution < 1.29 is 24.2 Å². The van der Waals surface area contributed by atoms with E-state index in [4.69, 9.17) is 19.4 Å². The van der Waals surface area contributed by atoms with E-state index in [-0.39, 0.29) is 24.7 Å². The van der Waals surface area contributed by atoms with Gasteiger partial charge in [0.2, 0.25) is 0 Å². The van der Waals surface area contributed by atoms with Crippen LogP contribution in [0.15, 0.2) is 24.5 Å². The number of hydrogen-bond acceptors (Lipinski definition) is 6. The van der Waals surface area contributed by atoms with Gasteiger partial charge in [0.1, 0.15) is 30.0 Å². The predicted octanol–water partition coefficient (Wildman–Crippen LogP) is 7.64. The van der Waals surface area contributed by atoms with Crippen molar-refractivity contribution in [3.05, 3.63) is 41.3 Å². The Hall–Kier alpha value is -3.44. The number of aryl methyl sites for hydroxylation is 1. The lowest BCUT2D eigenvalue weighted by Crippen LogP contribution is -2.53. The van der Waals surface area contributed by atoms with Crippen molar-refractivity contribution in [2.45, 2.75) is 123 Å². The highest BCUT2D eigenvalue weighted by Crippen LogP contribution is 2.38. The molecular formula is C36H53N5O5Si. The lowest BCUT2D eigenvalue weighted by atomic mass is 9.88. The van der Waals surface area contributed by atoms with Crippen molar-refractivity contribution in [1.29, 1.82) is 0 Å². The molecule has 0 spiro atoms. The fourth-order valence-corrected chi connectivity index (χ4v) is 7.39. The molecule has 5 rings (SSSR count). The van der Waals surface area contributed by atoms with Crippen LogP contribution in [0, 0.1) is 19.8 Å². The first-order valence-corrected chi connectivity index (χ1v) is 20.8. The summed E-state index contributed by atoms with van der Waals surface area (Å²) in [6.45, 7) is 18.4. The molecule has 0 radical (unpaired) electrons. The predicted molar refractivity (Wildman–Crippen MR) is 188 cm³/mol. The zero-order valence-electron chi connectivity index (χ0n) is 29.5. The molecule has 10 nitrogen and oxygen atoms in total. The van der Waals surface area contributed by atoms with Crippen molar-refractivity contribution in [3.8, 4) is 17.0 Å². The normalized spacial score (nSPS) is 18.7. The van der Waals surface area contributed by atoms with Crippen molar-refractivity contribution >= 4 is 31.1 Å². The van der Waals surface area contributed by atoms with Crippen LogP contribution >= 0.6 is 0 Å². The lowest BCUT2D eigenvalue weighted by Gasteiger charge is -2.42. The lowest BCUT2D eigenvalue weighted by molar-refractivity contribution is 0.0519. The Bertz CT molecular complexity index is 1600. The Morgan fingerprint density at radius 1 is 1.06 bits per heavy atom. The maximum atomic E-state index is 14.1. The highest BCUT2D eigenvalue weighted by molar-refractivity contribution is 6.76. The molecule has 0 atom stereocenters. The Balaban J connectivity index is 1.46. The Morgan fingerprint density at radius 3 is 2.38 bits per heavy atom. The molecule has 2 aromatic heterocycles. The summed E-state index contributed by atoms with van der Waals surface area (Å²) in [5, 5.41) is 13.2. The molecular weight excluding hydrogens is 611 g/mol. The van der Waals surface area contributed by atoms with Gasteiger partial charge in [-0.3, -0.25) is 4.79 Å². The Kier molecular flexibility index (Phi) is 10.4.